The molecule has 1 aliphatic carbocycles. The summed E-state index contributed by atoms with van der Waals surface area (Å²) in [5.74, 6) is 1.14. The van der Waals surface area contributed by atoms with Crippen LogP contribution < -0.4 is 5.32 Å². The van der Waals surface area contributed by atoms with Crippen LogP contribution in [-0.4, -0.2) is 44.9 Å². The summed E-state index contributed by atoms with van der Waals surface area (Å²) in [5, 5.41) is 11.6. The number of rotatable bonds is 6. The average Bonchev–Trinajstić information content (AvgIpc) is 3.40. The Bertz CT molecular complexity index is 868. The summed E-state index contributed by atoms with van der Waals surface area (Å²) in [6.45, 7) is 11.5. The van der Waals surface area contributed by atoms with Crippen LogP contribution in [-0.2, 0) is 13.0 Å². The molecule has 1 aromatic heterocycles. The first-order chi connectivity index (χ1) is 13.4. The van der Waals surface area contributed by atoms with Crippen LogP contribution in [0.15, 0.2) is 18.2 Å². The molecule has 4 rings (SSSR count). The van der Waals surface area contributed by atoms with Gasteiger partial charge in [0.05, 0.1) is 11.4 Å². The Morgan fingerprint density at radius 1 is 1.29 bits per heavy atom. The van der Waals surface area contributed by atoms with Gasteiger partial charge < -0.3 is 5.32 Å². The minimum Gasteiger partial charge on any atom is -0.348 e. The maximum Gasteiger partial charge on any atom is 0.273 e. The Labute approximate surface area is 167 Å². The van der Waals surface area contributed by atoms with E-state index in [1.807, 2.05) is 18.5 Å². The first kappa shape index (κ1) is 19.1. The molecule has 6 nitrogen and oxygen atoms in total. The van der Waals surface area contributed by atoms with E-state index in [2.05, 4.69) is 52.6 Å². The molecule has 6 heteroatoms. The van der Waals surface area contributed by atoms with Gasteiger partial charge in [-0.05, 0) is 62.1 Å². The Morgan fingerprint density at radius 2 is 2.07 bits per heavy atom. The molecule has 0 bridgehead atoms. The quantitative estimate of drug-likeness (QED) is 0.835. The smallest absolute Gasteiger partial charge is 0.273 e. The van der Waals surface area contributed by atoms with Crippen molar-refractivity contribution in [2.75, 3.05) is 13.1 Å². The molecule has 2 aliphatic rings. The van der Waals surface area contributed by atoms with E-state index in [0.29, 0.717) is 11.6 Å². The number of aromatic nitrogens is 3. The van der Waals surface area contributed by atoms with Gasteiger partial charge in [0.1, 0.15) is 0 Å². The zero-order valence-electron chi connectivity index (χ0n) is 17.4. The fraction of sp³-hybridized carbons (Fsp3) is 0.591. The van der Waals surface area contributed by atoms with Crippen LogP contribution in [0.3, 0.4) is 0 Å². The van der Waals surface area contributed by atoms with Crippen molar-refractivity contribution in [1.82, 2.24) is 25.2 Å². The first-order valence-corrected chi connectivity index (χ1v) is 10.5. The van der Waals surface area contributed by atoms with E-state index in [9.17, 15) is 4.79 Å². The average molecular weight is 382 g/mol. The summed E-state index contributed by atoms with van der Waals surface area (Å²) in [7, 11) is 0. The fourth-order valence-corrected chi connectivity index (χ4v) is 3.88. The van der Waals surface area contributed by atoms with Crippen LogP contribution in [0.25, 0.3) is 5.69 Å². The second-order valence-electron chi connectivity index (χ2n) is 8.78. The zero-order valence-corrected chi connectivity index (χ0v) is 17.4. The lowest BCUT2D eigenvalue weighted by Gasteiger charge is -2.30. The lowest BCUT2D eigenvalue weighted by Crippen LogP contribution is -2.36. The second kappa shape index (κ2) is 7.66. The summed E-state index contributed by atoms with van der Waals surface area (Å²) in [6, 6.07) is 6.51. The van der Waals surface area contributed by atoms with Crippen molar-refractivity contribution in [3.05, 3.63) is 40.7 Å². The molecule has 1 amide bonds. The van der Waals surface area contributed by atoms with E-state index in [1.165, 1.54) is 30.5 Å². The highest BCUT2D eigenvalue weighted by Crippen LogP contribution is 2.32. The van der Waals surface area contributed by atoms with Gasteiger partial charge >= 0.3 is 0 Å². The van der Waals surface area contributed by atoms with Gasteiger partial charge in [-0.3, -0.25) is 9.69 Å². The minimum atomic E-state index is -0.148. The second-order valence-corrected chi connectivity index (χ2v) is 8.78. The summed E-state index contributed by atoms with van der Waals surface area (Å²) in [6.07, 6.45) is 3.80. The molecule has 0 saturated heterocycles. The molecular formula is C22H31N5O. The van der Waals surface area contributed by atoms with Crippen molar-refractivity contribution in [2.45, 2.75) is 59.5 Å². The van der Waals surface area contributed by atoms with Gasteiger partial charge in [-0.15, -0.1) is 5.10 Å². The van der Waals surface area contributed by atoms with Gasteiger partial charge in [-0.1, -0.05) is 31.2 Å². The highest BCUT2D eigenvalue weighted by atomic mass is 16.2. The molecular weight excluding hydrogens is 350 g/mol. The molecule has 1 aliphatic heterocycles. The van der Waals surface area contributed by atoms with Crippen molar-refractivity contribution in [2.24, 2.45) is 11.8 Å². The summed E-state index contributed by atoms with van der Waals surface area (Å²) < 4.78 is 1.84. The van der Waals surface area contributed by atoms with E-state index in [0.717, 1.165) is 36.8 Å². The van der Waals surface area contributed by atoms with Gasteiger partial charge in [0.25, 0.3) is 5.91 Å². The van der Waals surface area contributed by atoms with Gasteiger partial charge in [0, 0.05) is 25.7 Å². The molecule has 0 radical (unpaired) electrons. The molecule has 1 N–H and O–H groups in total. The van der Waals surface area contributed by atoms with E-state index >= 15 is 0 Å². The van der Waals surface area contributed by atoms with Crippen LogP contribution >= 0.6 is 0 Å². The number of carbonyl (C=O) groups is 1. The van der Waals surface area contributed by atoms with E-state index in [4.69, 9.17) is 0 Å². The SMILES string of the molecule is Cc1c(C(=O)NC(C)C(C)C)nnn1-c1cccc2c1CCN(CC1CC1)C2. The van der Waals surface area contributed by atoms with Gasteiger partial charge in [-0.2, -0.15) is 0 Å². The fourth-order valence-electron chi connectivity index (χ4n) is 3.88. The number of nitrogens with one attached hydrogen (secondary N) is 1. The normalized spacial score (nSPS) is 18.2. The molecule has 150 valence electrons. The third-order valence-electron chi connectivity index (χ3n) is 6.23. The predicted molar refractivity (Wildman–Crippen MR) is 110 cm³/mol. The number of fused-ring (bicyclic) bond motifs is 1. The van der Waals surface area contributed by atoms with Crippen molar-refractivity contribution < 1.29 is 4.79 Å². The van der Waals surface area contributed by atoms with Crippen molar-refractivity contribution in [3.8, 4) is 5.69 Å². The Balaban J connectivity index is 1.57. The standard InChI is InChI=1S/C22H31N5O/c1-14(2)15(3)23-22(28)21-16(4)27(25-24-21)20-7-5-6-18-13-26(11-10-19(18)20)12-17-8-9-17/h5-7,14-15,17H,8-13H2,1-4H3,(H,23,28). The van der Waals surface area contributed by atoms with Crippen molar-refractivity contribution >= 4 is 5.91 Å². The zero-order chi connectivity index (χ0) is 19.8. The molecule has 0 spiro atoms. The monoisotopic (exact) mass is 381 g/mol. The lowest BCUT2D eigenvalue weighted by molar-refractivity contribution is 0.0924. The third-order valence-corrected chi connectivity index (χ3v) is 6.23. The lowest BCUT2D eigenvalue weighted by atomic mass is 9.97. The number of nitrogens with zero attached hydrogens (tertiary/aromatic N) is 4. The van der Waals surface area contributed by atoms with Crippen LogP contribution in [0, 0.1) is 18.8 Å². The molecule has 1 unspecified atom stereocenters. The van der Waals surface area contributed by atoms with Crippen molar-refractivity contribution in [1.29, 1.82) is 0 Å². The van der Waals surface area contributed by atoms with Crippen LogP contribution in [0.2, 0.25) is 0 Å². The first-order valence-electron chi connectivity index (χ1n) is 10.5. The molecule has 28 heavy (non-hydrogen) atoms. The molecule has 1 aromatic carbocycles. The van der Waals surface area contributed by atoms with E-state index < -0.39 is 0 Å². The molecule has 2 heterocycles. The van der Waals surface area contributed by atoms with Gasteiger partial charge in [0.2, 0.25) is 0 Å². The number of hydrogen-bond donors (Lipinski definition) is 1. The molecule has 1 fully saturated rings. The summed E-state index contributed by atoms with van der Waals surface area (Å²) in [5.41, 5.74) is 4.98. The number of amides is 1. The Hall–Kier alpha value is -2.21. The predicted octanol–water partition coefficient (Wildman–Crippen LogP) is 3.12. The van der Waals surface area contributed by atoms with Crippen molar-refractivity contribution in [3.63, 3.8) is 0 Å². The maximum atomic E-state index is 12.6. The molecule has 1 saturated carbocycles. The third kappa shape index (κ3) is 3.83. The molecule has 2 aromatic rings. The van der Waals surface area contributed by atoms with Crippen LogP contribution in [0.4, 0.5) is 0 Å². The van der Waals surface area contributed by atoms with E-state index in [-0.39, 0.29) is 11.9 Å². The summed E-state index contributed by atoms with van der Waals surface area (Å²) >= 11 is 0. The largest absolute Gasteiger partial charge is 0.348 e. The molecule has 1 atom stereocenters. The minimum absolute atomic E-state index is 0.0963. The number of hydrogen-bond acceptors (Lipinski definition) is 4. The topological polar surface area (TPSA) is 63.1 Å². The Kier molecular flexibility index (Phi) is 5.23. The van der Waals surface area contributed by atoms with Crippen LogP contribution in [0.5, 0.6) is 0 Å². The van der Waals surface area contributed by atoms with Crippen LogP contribution in [0.1, 0.15) is 60.9 Å². The van der Waals surface area contributed by atoms with E-state index in [1.54, 1.807) is 0 Å². The highest BCUT2D eigenvalue weighted by Gasteiger charge is 2.28. The van der Waals surface area contributed by atoms with Gasteiger partial charge in [-0.25, -0.2) is 4.68 Å². The summed E-state index contributed by atoms with van der Waals surface area (Å²) in [4.78, 5) is 15.2. The highest BCUT2D eigenvalue weighted by molar-refractivity contribution is 5.93. The Morgan fingerprint density at radius 3 is 2.79 bits per heavy atom. The number of carbonyl (C=O) groups excluding carboxylic acids is 1. The van der Waals surface area contributed by atoms with Gasteiger partial charge in [0.15, 0.2) is 5.69 Å². The maximum absolute atomic E-state index is 12.6. The number of benzene rings is 1.